The molecule has 0 fully saturated rings. The maximum absolute atomic E-state index is 12.4. The average molecular weight is 383 g/mol. The van der Waals surface area contributed by atoms with Gasteiger partial charge >= 0.3 is 0 Å². The number of halogens is 2. The van der Waals surface area contributed by atoms with Gasteiger partial charge in [-0.05, 0) is 50.1 Å². The first-order valence-electron chi connectivity index (χ1n) is 7.37. The summed E-state index contributed by atoms with van der Waals surface area (Å²) in [6, 6.07) is 7.52. The normalized spacial score (nSPS) is 11.7. The third kappa shape index (κ3) is 4.61. The zero-order valence-corrected chi connectivity index (χ0v) is 15.3. The van der Waals surface area contributed by atoms with Gasteiger partial charge in [0.15, 0.2) is 6.10 Å². The number of carbonyl (C=O) groups is 1. The van der Waals surface area contributed by atoms with Gasteiger partial charge in [-0.15, -0.1) is 0 Å². The van der Waals surface area contributed by atoms with Crippen molar-refractivity contribution in [3.8, 4) is 5.75 Å². The molecular formula is C17H16Cl2N2O4. The molecule has 0 aliphatic heterocycles. The predicted octanol–water partition coefficient (Wildman–Crippen LogP) is 4.92. The minimum Gasteiger partial charge on any atom is -0.479 e. The molecule has 132 valence electrons. The molecule has 25 heavy (non-hydrogen) atoms. The van der Waals surface area contributed by atoms with Crippen LogP contribution < -0.4 is 10.1 Å². The van der Waals surface area contributed by atoms with Crippen molar-refractivity contribution in [3.63, 3.8) is 0 Å². The Kier molecular flexibility index (Phi) is 5.87. The Morgan fingerprint density at radius 3 is 2.32 bits per heavy atom. The molecule has 6 nitrogen and oxygen atoms in total. The molecular weight excluding hydrogens is 367 g/mol. The van der Waals surface area contributed by atoms with Crippen LogP contribution in [0.3, 0.4) is 0 Å². The number of anilines is 1. The van der Waals surface area contributed by atoms with Gasteiger partial charge in [0.05, 0.1) is 9.95 Å². The lowest BCUT2D eigenvalue weighted by atomic mass is 10.1. The second-order valence-corrected chi connectivity index (χ2v) is 6.38. The third-order valence-electron chi connectivity index (χ3n) is 3.54. The van der Waals surface area contributed by atoms with E-state index >= 15 is 0 Å². The van der Waals surface area contributed by atoms with Crippen molar-refractivity contribution >= 4 is 40.5 Å². The van der Waals surface area contributed by atoms with E-state index < -0.39 is 16.9 Å². The fraction of sp³-hybridized carbons (Fsp3) is 0.235. The van der Waals surface area contributed by atoms with Gasteiger partial charge in [0, 0.05) is 22.8 Å². The molecule has 8 heteroatoms. The van der Waals surface area contributed by atoms with Crippen molar-refractivity contribution in [2.75, 3.05) is 5.32 Å². The van der Waals surface area contributed by atoms with Gasteiger partial charge in [0.1, 0.15) is 5.75 Å². The summed E-state index contributed by atoms with van der Waals surface area (Å²) < 4.78 is 5.56. The molecule has 0 radical (unpaired) electrons. The van der Waals surface area contributed by atoms with E-state index in [0.717, 1.165) is 0 Å². The topological polar surface area (TPSA) is 81.5 Å². The van der Waals surface area contributed by atoms with E-state index in [0.29, 0.717) is 32.6 Å². The van der Waals surface area contributed by atoms with E-state index in [-0.39, 0.29) is 5.69 Å². The summed E-state index contributed by atoms with van der Waals surface area (Å²) in [5, 5.41) is 14.4. The molecule has 2 aromatic carbocycles. The van der Waals surface area contributed by atoms with Gasteiger partial charge in [0.2, 0.25) is 0 Å². The summed E-state index contributed by atoms with van der Waals surface area (Å²) >= 11 is 11.9. The van der Waals surface area contributed by atoms with Crippen LogP contribution in [0.25, 0.3) is 0 Å². The van der Waals surface area contributed by atoms with E-state index in [2.05, 4.69) is 5.32 Å². The molecule has 0 aromatic heterocycles. The monoisotopic (exact) mass is 382 g/mol. The van der Waals surface area contributed by atoms with Crippen LogP contribution in [0.2, 0.25) is 10.0 Å². The molecule has 2 rings (SSSR count). The van der Waals surface area contributed by atoms with Gasteiger partial charge in [-0.1, -0.05) is 23.2 Å². The van der Waals surface area contributed by atoms with Crippen LogP contribution in [0.1, 0.15) is 18.1 Å². The number of nitrogens with one attached hydrogen (secondary N) is 1. The molecule has 0 bridgehead atoms. The molecule has 0 saturated carbocycles. The molecule has 0 saturated heterocycles. The second kappa shape index (κ2) is 7.72. The fourth-order valence-electron chi connectivity index (χ4n) is 2.28. The quantitative estimate of drug-likeness (QED) is 0.587. The van der Waals surface area contributed by atoms with E-state index in [1.807, 2.05) is 0 Å². The second-order valence-electron chi connectivity index (χ2n) is 5.54. The molecule has 0 spiro atoms. The van der Waals surface area contributed by atoms with Crippen molar-refractivity contribution in [1.82, 2.24) is 0 Å². The Hall–Kier alpha value is -2.31. The molecule has 0 aliphatic carbocycles. The highest BCUT2D eigenvalue weighted by Gasteiger charge is 2.19. The summed E-state index contributed by atoms with van der Waals surface area (Å²) in [7, 11) is 0. The van der Waals surface area contributed by atoms with Crippen LogP contribution in [0.15, 0.2) is 30.3 Å². The molecule has 0 aliphatic rings. The first kappa shape index (κ1) is 19.0. The molecule has 2 aromatic rings. The van der Waals surface area contributed by atoms with Gasteiger partial charge in [-0.2, -0.15) is 0 Å². The number of ether oxygens (including phenoxy) is 1. The Morgan fingerprint density at radius 2 is 1.80 bits per heavy atom. The Morgan fingerprint density at radius 1 is 1.20 bits per heavy atom. The van der Waals surface area contributed by atoms with E-state index in [1.165, 1.54) is 18.2 Å². The zero-order chi connectivity index (χ0) is 18.7. The lowest BCUT2D eigenvalue weighted by Gasteiger charge is -2.17. The highest BCUT2D eigenvalue weighted by Crippen LogP contribution is 2.29. The van der Waals surface area contributed by atoms with E-state index in [9.17, 15) is 14.9 Å². The third-order valence-corrected chi connectivity index (χ3v) is 4.07. The Labute approximate surface area is 154 Å². The Bertz CT molecular complexity index is 816. The molecule has 1 atom stereocenters. The number of nitro benzene ring substituents is 1. The van der Waals surface area contributed by atoms with Crippen molar-refractivity contribution in [2.45, 2.75) is 26.9 Å². The van der Waals surface area contributed by atoms with Crippen LogP contribution >= 0.6 is 23.2 Å². The minimum atomic E-state index is -0.826. The predicted molar refractivity (Wildman–Crippen MR) is 97.8 cm³/mol. The maximum atomic E-state index is 12.4. The first-order chi connectivity index (χ1) is 11.7. The number of nitrogens with zero attached hydrogens (tertiary/aromatic N) is 1. The maximum Gasteiger partial charge on any atom is 0.270 e. The lowest BCUT2D eigenvalue weighted by Crippen LogP contribution is -2.30. The summed E-state index contributed by atoms with van der Waals surface area (Å²) in [5.41, 5.74) is 1.69. The summed E-state index contributed by atoms with van der Waals surface area (Å²) in [5.74, 6) is -0.0584. The van der Waals surface area contributed by atoms with Crippen molar-refractivity contribution < 1.29 is 14.5 Å². The number of hydrogen-bond donors (Lipinski definition) is 1. The van der Waals surface area contributed by atoms with Crippen LogP contribution in [-0.2, 0) is 4.79 Å². The first-order valence-corrected chi connectivity index (χ1v) is 8.13. The van der Waals surface area contributed by atoms with Crippen molar-refractivity contribution in [2.24, 2.45) is 0 Å². The van der Waals surface area contributed by atoms with Gasteiger partial charge in [0.25, 0.3) is 11.6 Å². The number of amides is 1. The number of carbonyl (C=O) groups excluding carboxylic acids is 1. The van der Waals surface area contributed by atoms with Crippen LogP contribution in [0.5, 0.6) is 5.75 Å². The summed E-state index contributed by atoms with van der Waals surface area (Å²) in [6.45, 7) is 4.96. The fourth-order valence-corrected chi connectivity index (χ4v) is 2.74. The van der Waals surface area contributed by atoms with Gasteiger partial charge in [-0.25, -0.2) is 0 Å². The number of nitro groups is 1. The van der Waals surface area contributed by atoms with Gasteiger partial charge < -0.3 is 10.1 Å². The lowest BCUT2D eigenvalue weighted by molar-refractivity contribution is -0.384. The highest BCUT2D eigenvalue weighted by molar-refractivity contribution is 6.35. The molecule has 0 heterocycles. The average Bonchev–Trinajstić information content (AvgIpc) is 2.52. The summed E-state index contributed by atoms with van der Waals surface area (Å²) in [4.78, 5) is 22.8. The van der Waals surface area contributed by atoms with Crippen molar-refractivity contribution in [3.05, 3.63) is 61.6 Å². The Balaban J connectivity index is 2.15. The van der Waals surface area contributed by atoms with Crippen LogP contribution in [0, 0.1) is 24.0 Å². The standard InChI is InChI=1S/C17H16Cl2N2O4/c1-9-6-13(21(23)24)7-10(2)16(9)20-17(22)11(3)25-15-5-4-12(18)8-14(15)19/h4-8,11H,1-3H3,(H,20,22). The summed E-state index contributed by atoms with van der Waals surface area (Å²) in [6.07, 6.45) is -0.826. The van der Waals surface area contributed by atoms with Gasteiger partial charge in [-0.3, -0.25) is 14.9 Å². The van der Waals surface area contributed by atoms with Crippen LogP contribution in [0.4, 0.5) is 11.4 Å². The molecule has 1 unspecified atom stereocenters. The minimum absolute atomic E-state index is 0.0229. The number of non-ortho nitro benzene ring substituents is 1. The van der Waals surface area contributed by atoms with Crippen LogP contribution in [-0.4, -0.2) is 16.9 Å². The smallest absolute Gasteiger partial charge is 0.270 e. The van der Waals surface area contributed by atoms with E-state index in [4.69, 9.17) is 27.9 Å². The van der Waals surface area contributed by atoms with E-state index in [1.54, 1.807) is 32.9 Å². The molecule has 1 N–H and O–H groups in total. The number of benzene rings is 2. The number of rotatable bonds is 5. The zero-order valence-electron chi connectivity index (χ0n) is 13.8. The van der Waals surface area contributed by atoms with Crippen molar-refractivity contribution in [1.29, 1.82) is 0 Å². The number of hydrogen-bond acceptors (Lipinski definition) is 4. The number of aryl methyl sites for hydroxylation is 2. The SMILES string of the molecule is Cc1cc([N+](=O)[O-])cc(C)c1NC(=O)C(C)Oc1ccc(Cl)cc1Cl. The molecule has 1 amide bonds. The largest absolute Gasteiger partial charge is 0.479 e. The highest BCUT2D eigenvalue weighted by atomic mass is 35.5.